The van der Waals surface area contributed by atoms with Gasteiger partial charge >= 0.3 is 0 Å². The van der Waals surface area contributed by atoms with Gasteiger partial charge in [0.05, 0.1) is 6.04 Å². The van der Waals surface area contributed by atoms with E-state index >= 15 is 0 Å². The molecule has 1 nitrogen and oxygen atoms in total. The third-order valence-electron chi connectivity index (χ3n) is 4.42. The molecule has 0 heterocycles. The fourth-order valence-electron chi connectivity index (χ4n) is 3.15. The van der Waals surface area contributed by atoms with E-state index in [4.69, 9.17) is 4.99 Å². The predicted octanol–water partition coefficient (Wildman–Crippen LogP) is 6.05. The Kier molecular flexibility index (Phi) is 4.38. The van der Waals surface area contributed by atoms with Crippen molar-refractivity contribution in [2.75, 3.05) is 0 Å². The van der Waals surface area contributed by atoms with Gasteiger partial charge < -0.3 is 0 Å². The maximum absolute atomic E-state index is 4.96. The van der Waals surface area contributed by atoms with Crippen LogP contribution >= 0.6 is 0 Å². The minimum atomic E-state index is 0.00127. The summed E-state index contributed by atoms with van der Waals surface area (Å²) in [5.41, 5.74) is 3.55. The summed E-state index contributed by atoms with van der Waals surface area (Å²) in [7, 11) is 0. The quantitative estimate of drug-likeness (QED) is 0.406. The molecule has 4 rings (SSSR count). The third kappa shape index (κ3) is 3.36. The number of rotatable bonds is 4. The number of hydrogen-bond acceptors (Lipinski definition) is 1. The number of nitrogens with zero attached hydrogens (tertiary/aromatic N) is 1. The second-order valence-corrected chi connectivity index (χ2v) is 6.07. The number of fused-ring (bicyclic) bond motifs is 1. The highest BCUT2D eigenvalue weighted by molar-refractivity contribution is 5.99. The Labute approximate surface area is 148 Å². The highest BCUT2D eigenvalue weighted by atomic mass is 14.8. The first-order valence-electron chi connectivity index (χ1n) is 8.53. The Morgan fingerprint density at radius 1 is 0.560 bits per heavy atom. The Morgan fingerprint density at radius 2 is 1.12 bits per heavy atom. The molecule has 0 saturated carbocycles. The molecule has 0 fully saturated rings. The van der Waals surface area contributed by atoms with Gasteiger partial charge in [0, 0.05) is 11.8 Å². The van der Waals surface area contributed by atoms with Crippen molar-refractivity contribution in [3.05, 3.63) is 120 Å². The normalized spacial score (nSPS) is 11.4. The molecule has 0 radical (unpaired) electrons. The van der Waals surface area contributed by atoms with Crippen molar-refractivity contribution in [2.24, 2.45) is 4.99 Å². The maximum Gasteiger partial charge on any atom is 0.0999 e. The van der Waals surface area contributed by atoms with Crippen LogP contribution in [0.4, 0.5) is 0 Å². The van der Waals surface area contributed by atoms with Crippen LogP contribution in [0.5, 0.6) is 0 Å². The molecule has 4 aromatic rings. The van der Waals surface area contributed by atoms with Crippen LogP contribution in [0.15, 0.2) is 108 Å². The van der Waals surface area contributed by atoms with Crippen molar-refractivity contribution >= 4 is 17.0 Å². The van der Waals surface area contributed by atoms with Gasteiger partial charge in [-0.2, -0.15) is 0 Å². The van der Waals surface area contributed by atoms with Crippen molar-refractivity contribution in [2.45, 2.75) is 6.04 Å². The molecule has 0 bridgehead atoms. The molecule has 0 N–H and O–H groups in total. The first-order valence-corrected chi connectivity index (χ1v) is 8.53. The van der Waals surface area contributed by atoms with Crippen LogP contribution in [-0.2, 0) is 0 Å². The van der Waals surface area contributed by atoms with Crippen molar-refractivity contribution in [1.82, 2.24) is 0 Å². The molecule has 0 aliphatic carbocycles. The Bertz CT molecular complexity index is 943. The van der Waals surface area contributed by atoms with Crippen LogP contribution in [0.3, 0.4) is 0 Å². The van der Waals surface area contributed by atoms with Gasteiger partial charge in [0.2, 0.25) is 0 Å². The third-order valence-corrected chi connectivity index (χ3v) is 4.42. The fourth-order valence-corrected chi connectivity index (χ4v) is 3.15. The smallest absolute Gasteiger partial charge is 0.0999 e. The van der Waals surface area contributed by atoms with E-state index in [-0.39, 0.29) is 6.04 Å². The molecule has 0 amide bonds. The molecule has 25 heavy (non-hydrogen) atoms. The topological polar surface area (TPSA) is 12.4 Å². The minimum absolute atomic E-state index is 0.00127. The molecule has 1 heteroatoms. The summed E-state index contributed by atoms with van der Waals surface area (Å²) in [5, 5.41) is 2.47. The maximum atomic E-state index is 4.96. The summed E-state index contributed by atoms with van der Waals surface area (Å²) in [6, 6.07) is 35.7. The summed E-state index contributed by atoms with van der Waals surface area (Å²) in [6.07, 6.45) is 2.01. The Balaban J connectivity index is 1.77. The molecule has 0 aliphatic heterocycles. The monoisotopic (exact) mass is 321 g/mol. The van der Waals surface area contributed by atoms with Gasteiger partial charge in [-0.15, -0.1) is 0 Å². The molecule has 0 atom stereocenters. The molecular formula is C24H19N. The molecule has 0 saturated heterocycles. The molecule has 4 aromatic carbocycles. The SMILES string of the molecule is C(=NC(c1ccccc1)c1ccccc1)c1cccc2ccccc12. The highest BCUT2D eigenvalue weighted by Gasteiger charge is 2.11. The van der Waals surface area contributed by atoms with E-state index in [1.165, 1.54) is 21.9 Å². The Morgan fingerprint density at radius 3 is 1.80 bits per heavy atom. The average Bonchev–Trinajstić information content (AvgIpc) is 2.70. The summed E-state index contributed by atoms with van der Waals surface area (Å²) < 4.78 is 0. The molecular weight excluding hydrogens is 302 g/mol. The van der Waals surface area contributed by atoms with E-state index in [1.54, 1.807) is 0 Å². The Hall–Kier alpha value is -3.19. The lowest BCUT2D eigenvalue weighted by Gasteiger charge is -2.13. The number of benzene rings is 4. The van der Waals surface area contributed by atoms with E-state index in [0.717, 1.165) is 5.56 Å². The number of aliphatic imine (C=N–C) groups is 1. The lowest BCUT2D eigenvalue weighted by atomic mass is 9.99. The summed E-state index contributed by atoms with van der Waals surface area (Å²) in [4.78, 5) is 4.96. The summed E-state index contributed by atoms with van der Waals surface area (Å²) in [5.74, 6) is 0. The van der Waals surface area contributed by atoms with Crippen LogP contribution in [0.1, 0.15) is 22.7 Å². The molecule has 0 aromatic heterocycles. The van der Waals surface area contributed by atoms with E-state index < -0.39 is 0 Å². The van der Waals surface area contributed by atoms with Gasteiger partial charge in [-0.25, -0.2) is 0 Å². The molecule has 0 aliphatic rings. The zero-order valence-electron chi connectivity index (χ0n) is 13.9. The van der Waals surface area contributed by atoms with E-state index in [1.807, 2.05) is 18.3 Å². The lowest BCUT2D eigenvalue weighted by Crippen LogP contribution is -1.99. The van der Waals surface area contributed by atoms with Crippen molar-refractivity contribution in [3.8, 4) is 0 Å². The van der Waals surface area contributed by atoms with Gasteiger partial charge in [-0.05, 0) is 21.9 Å². The first-order chi connectivity index (χ1) is 12.4. The van der Waals surface area contributed by atoms with Crippen molar-refractivity contribution in [3.63, 3.8) is 0 Å². The fraction of sp³-hybridized carbons (Fsp3) is 0.0417. The van der Waals surface area contributed by atoms with Gasteiger partial charge in [0.25, 0.3) is 0 Å². The minimum Gasteiger partial charge on any atom is -0.280 e. The van der Waals surface area contributed by atoms with E-state index in [9.17, 15) is 0 Å². The largest absolute Gasteiger partial charge is 0.280 e. The van der Waals surface area contributed by atoms with Crippen LogP contribution in [0, 0.1) is 0 Å². The highest BCUT2D eigenvalue weighted by Crippen LogP contribution is 2.26. The van der Waals surface area contributed by atoms with Crippen LogP contribution in [-0.4, -0.2) is 6.21 Å². The summed E-state index contributed by atoms with van der Waals surface area (Å²) >= 11 is 0. The van der Waals surface area contributed by atoms with Crippen molar-refractivity contribution in [1.29, 1.82) is 0 Å². The van der Waals surface area contributed by atoms with Gasteiger partial charge in [0.1, 0.15) is 0 Å². The average molecular weight is 321 g/mol. The summed E-state index contributed by atoms with van der Waals surface area (Å²) in [6.45, 7) is 0. The second-order valence-electron chi connectivity index (χ2n) is 6.07. The second kappa shape index (κ2) is 7.14. The lowest BCUT2D eigenvalue weighted by molar-refractivity contribution is 0.878. The molecule has 0 unspecified atom stereocenters. The number of hydrogen-bond donors (Lipinski definition) is 0. The predicted molar refractivity (Wildman–Crippen MR) is 106 cm³/mol. The van der Waals surface area contributed by atoms with Gasteiger partial charge in [-0.3, -0.25) is 4.99 Å². The van der Waals surface area contributed by atoms with E-state index in [2.05, 4.69) is 91.0 Å². The van der Waals surface area contributed by atoms with Crippen LogP contribution in [0.25, 0.3) is 10.8 Å². The first kappa shape index (κ1) is 15.3. The van der Waals surface area contributed by atoms with Crippen LogP contribution in [0.2, 0.25) is 0 Å². The standard InChI is InChI=1S/C24H19N/c1-3-11-20(12-4-1)24(21-13-5-2-6-14-21)25-18-22-16-9-15-19-10-7-8-17-23(19)22/h1-18,24H. The van der Waals surface area contributed by atoms with E-state index in [0.29, 0.717) is 0 Å². The zero-order chi connectivity index (χ0) is 16.9. The van der Waals surface area contributed by atoms with Gasteiger partial charge in [0.15, 0.2) is 0 Å². The molecule has 0 spiro atoms. The van der Waals surface area contributed by atoms with Gasteiger partial charge in [-0.1, -0.05) is 103 Å². The van der Waals surface area contributed by atoms with Crippen molar-refractivity contribution < 1.29 is 0 Å². The van der Waals surface area contributed by atoms with Crippen LogP contribution < -0.4 is 0 Å². The zero-order valence-corrected chi connectivity index (χ0v) is 13.9. The molecule has 120 valence electrons.